The molecule has 1 aromatic heterocycles. The molecule has 0 aliphatic carbocycles. The standard InChI is InChI=1S/C26H25N5O4S/c1-18-7-6-8-20(15-18)17-36-26-29-28-25(30(26)21-11-13-22(14-12-21)31(33)34)19(2)27-24(32)16-35-23-9-4-3-5-10-23/h3-15,19H,16-17H2,1-2H3,(H,27,32). The molecular weight excluding hydrogens is 478 g/mol. The Morgan fingerprint density at radius 1 is 1.08 bits per heavy atom. The highest BCUT2D eigenvalue weighted by Gasteiger charge is 2.22. The van der Waals surface area contributed by atoms with Gasteiger partial charge in [0.25, 0.3) is 11.6 Å². The third kappa shape index (κ3) is 6.28. The van der Waals surface area contributed by atoms with Crippen molar-refractivity contribution < 1.29 is 14.5 Å². The van der Waals surface area contributed by atoms with E-state index in [0.29, 0.717) is 28.2 Å². The van der Waals surface area contributed by atoms with Gasteiger partial charge in [-0.15, -0.1) is 10.2 Å². The zero-order valence-corrected chi connectivity index (χ0v) is 20.6. The molecule has 10 heteroatoms. The quantitative estimate of drug-likeness (QED) is 0.183. The zero-order chi connectivity index (χ0) is 25.5. The van der Waals surface area contributed by atoms with E-state index in [2.05, 4.69) is 21.6 Å². The van der Waals surface area contributed by atoms with Gasteiger partial charge in [0.15, 0.2) is 17.6 Å². The van der Waals surface area contributed by atoms with Gasteiger partial charge in [0, 0.05) is 23.6 Å². The molecule has 4 aromatic rings. The van der Waals surface area contributed by atoms with E-state index in [0.717, 1.165) is 5.56 Å². The van der Waals surface area contributed by atoms with E-state index in [-0.39, 0.29) is 18.2 Å². The second kappa shape index (κ2) is 11.5. The number of benzene rings is 3. The van der Waals surface area contributed by atoms with Crippen LogP contribution in [0.15, 0.2) is 84.0 Å². The highest BCUT2D eigenvalue weighted by Crippen LogP contribution is 2.28. The van der Waals surface area contributed by atoms with E-state index in [1.54, 1.807) is 31.2 Å². The molecule has 0 spiro atoms. The van der Waals surface area contributed by atoms with Crippen LogP contribution in [0.1, 0.15) is 29.9 Å². The van der Waals surface area contributed by atoms with Crippen LogP contribution in [0.25, 0.3) is 5.69 Å². The van der Waals surface area contributed by atoms with Gasteiger partial charge in [-0.2, -0.15) is 0 Å². The molecule has 0 saturated heterocycles. The molecule has 184 valence electrons. The number of nitro groups is 1. The summed E-state index contributed by atoms with van der Waals surface area (Å²) in [4.78, 5) is 23.2. The number of nitrogens with one attached hydrogen (secondary N) is 1. The number of para-hydroxylation sites is 1. The fourth-order valence-electron chi connectivity index (χ4n) is 3.58. The molecule has 1 heterocycles. The monoisotopic (exact) mass is 503 g/mol. The van der Waals surface area contributed by atoms with E-state index < -0.39 is 11.0 Å². The number of non-ortho nitro benzene ring substituents is 1. The predicted molar refractivity (Wildman–Crippen MR) is 137 cm³/mol. The van der Waals surface area contributed by atoms with Crippen LogP contribution in [0.4, 0.5) is 5.69 Å². The minimum absolute atomic E-state index is 0.0123. The first-order valence-corrected chi connectivity index (χ1v) is 12.2. The Hall–Kier alpha value is -4.18. The summed E-state index contributed by atoms with van der Waals surface area (Å²) in [5.74, 6) is 1.46. The van der Waals surface area contributed by atoms with Crippen LogP contribution in [0.2, 0.25) is 0 Å². The second-order valence-electron chi connectivity index (χ2n) is 8.12. The number of aryl methyl sites for hydroxylation is 1. The summed E-state index contributed by atoms with van der Waals surface area (Å²) in [5.41, 5.74) is 2.95. The Morgan fingerprint density at radius 2 is 1.83 bits per heavy atom. The Bertz CT molecular complexity index is 1340. The number of nitro benzene ring substituents is 1. The van der Waals surface area contributed by atoms with Crippen molar-refractivity contribution in [3.05, 3.63) is 106 Å². The molecular formula is C26H25N5O4S. The lowest BCUT2D eigenvalue weighted by atomic mass is 10.2. The first kappa shape index (κ1) is 24.9. The number of hydrogen-bond donors (Lipinski definition) is 1. The lowest BCUT2D eigenvalue weighted by Gasteiger charge is -2.16. The summed E-state index contributed by atoms with van der Waals surface area (Å²) < 4.78 is 7.35. The van der Waals surface area contributed by atoms with Crippen molar-refractivity contribution in [1.82, 2.24) is 20.1 Å². The first-order chi connectivity index (χ1) is 17.4. The van der Waals surface area contributed by atoms with E-state index >= 15 is 0 Å². The number of carbonyl (C=O) groups excluding carboxylic acids is 1. The number of hydrogen-bond acceptors (Lipinski definition) is 7. The summed E-state index contributed by atoms with van der Waals surface area (Å²) in [7, 11) is 0. The summed E-state index contributed by atoms with van der Waals surface area (Å²) in [6, 6.07) is 23.0. The second-order valence-corrected chi connectivity index (χ2v) is 9.06. The van der Waals surface area contributed by atoms with Crippen LogP contribution in [-0.2, 0) is 10.5 Å². The Labute approximate surface area is 212 Å². The molecule has 0 aliphatic rings. The van der Waals surface area contributed by atoms with Crippen LogP contribution in [0, 0.1) is 17.0 Å². The Balaban J connectivity index is 1.55. The van der Waals surface area contributed by atoms with Crippen LogP contribution in [0.3, 0.4) is 0 Å². The molecule has 0 saturated carbocycles. The normalized spacial score (nSPS) is 11.6. The fraction of sp³-hybridized carbons (Fsp3) is 0.192. The van der Waals surface area contributed by atoms with Gasteiger partial charge in [-0.3, -0.25) is 19.5 Å². The number of thioether (sulfide) groups is 1. The molecule has 1 amide bonds. The van der Waals surface area contributed by atoms with Crippen molar-refractivity contribution >= 4 is 23.4 Å². The summed E-state index contributed by atoms with van der Waals surface area (Å²) in [5, 5.41) is 23.4. The van der Waals surface area contributed by atoms with E-state index in [9.17, 15) is 14.9 Å². The Kier molecular flexibility index (Phi) is 7.96. The SMILES string of the molecule is Cc1cccc(CSc2nnc(C(C)NC(=O)COc3ccccc3)n2-c2ccc([N+](=O)[O-])cc2)c1. The molecule has 1 unspecified atom stereocenters. The minimum Gasteiger partial charge on any atom is -0.484 e. The number of rotatable bonds is 10. The number of ether oxygens (including phenoxy) is 1. The minimum atomic E-state index is -0.493. The molecule has 1 N–H and O–H groups in total. The molecule has 0 bridgehead atoms. The van der Waals surface area contributed by atoms with Crippen molar-refractivity contribution in [2.24, 2.45) is 0 Å². The van der Waals surface area contributed by atoms with Gasteiger partial charge in [0.1, 0.15) is 5.75 Å². The number of aromatic nitrogens is 3. The fourth-order valence-corrected chi connectivity index (χ4v) is 4.49. The smallest absolute Gasteiger partial charge is 0.269 e. The van der Waals surface area contributed by atoms with Crippen molar-refractivity contribution in [2.75, 3.05) is 6.61 Å². The largest absolute Gasteiger partial charge is 0.484 e. The zero-order valence-electron chi connectivity index (χ0n) is 19.8. The molecule has 9 nitrogen and oxygen atoms in total. The van der Waals surface area contributed by atoms with Gasteiger partial charge < -0.3 is 10.1 Å². The highest BCUT2D eigenvalue weighted by atomic mass is 32.2. The summed E-state index contributed by atoms with van der Waals surface area (Å²) >= 11 is 1.50. The molecule has 0 aliphatic heterocycles. The van der Waals surface area contributed by atoms with Crippen LogP contribution in [0.5, 0.6) is 5.75 Å². The maximum atomic E-state index is 12.5. The van der Waals surface area contributed by atoms with Crippen LogP contribution < -0.4 is 10.1 Å². The number of nitrogens with zero attached hydrogens (tertiary/aromatic N) is 4. The van der Waals surface area contributed by atoms with E-state index in [4.69, 9.17) is 4.74 Å². The van der Waals surface area contributed by atoms with Gasteiger partial charge in [-0.05, 0) is 43.7 Å². The lowest BCUT2D eigenvalue weighted by molar-refractivity contribution is -0.384. The maximum Gasteiger partial charge on any atom is 0.269 e. The van der Waals surface area contributed by atoms with Crippen molar-refractivity contribution in [1.29, 1.82) is 0 Å². The van der Waals surface area contributed by atoms with Crippen molar-refractivity contribution in [3.8, 4) is 11.4 Å². The van der Waals surface area contributed by atoms with Gasteiger partial charge in [-0.25, -0.2) is 0 Å². The third-order valence-corrected chi connectivity index (χ3v) is 6.31. The topological polar surface area (TPSA) is 112 Å². The van der Waals surface area contributed by atoms with Gasteiger partial charge in [0.05, 0.1) is 11.0 Å². The third-order valence-electron chi connectivity index (χ3n) is 5.31. The summed E-state index contributed by atoms with van der Waals surface area (Å²) in [6.07, 6.45) is 0. The Morgan fingerprint density at radius 3 is 2.53 bits per heavy atom. The van der Waals surface area contributed by atoms with E-state index in [1.165, 1.54) is 29.5 Å². The first-order valence-electron chi connectivity index (χ1n) is 11.3. The molecule has 36 heavy (non-hydrogen) atoms. The molecule has 4 rings (SSSR count). The van der Waals surface area contributed by atoms with Gasteiger partial charge >= 0.3 is 0 Å². The van der Waals surface area contributed by atoms with Crippen LogP contribution >= 0.6 is 11.8 Å². The van der Waals surface area contributed by atoms with Crippen LogP contribution in [-0.4, -0.2) is 32.2 Å². The number of amides is 1. The summed E-state index contributed by atoms with van der Waals surface area (Å²) in [6.45, 7) is 3.70. The number of carbonyl (C=O) groups is 1. The highest BCUT2D eigenvalue weighted by molar-refractivity contribution is 7.98. The molecule has 0 radical (unpaired) electrons. The van der Waals surface area contributed by atoms with Crippen molar-refractivity contribution in [3.63, 3.8) is 0 Å². The average molecular weight is 504 g/mol. The molecule has 3 aromatic carbocycles. The predicted octanol–water partition coefficient (Wildman–Crippen LogP) is 5.03. The van der Waals surface area contributed by atoms with E-state index in [1.807, 2.05) is 47.9 Å². The van der Waals surface area contributed by atoms with Gasteiger partial charge in [-0.1, -0.05) is 59.8 Å². The molecule has 1 atom stereocenters. The maximum absolute atomic E-state index is 12.5. The molecule has 0 fully saturated rings. The lowest BCUT2D eigenvalue weighted by Crippen LogP contribution is -2.32. The van der Waals surface area contributed by atoms with Gasteiger partial charge in [0.2, 0.25) is 0 Å². The average Bonchev–Trinajstić information content (AvgIpc) is 3.31. The van der Waals surface area contributed by atoms with Crippen molar-refractivity contribution in [2.45, 2.75) is 30.8 Å².